The van der Waals surface area contributed by atoms with Gasteiger partial charge in [0.2, 0.25) is 0 Å². The van der Waals surface area contributed by atoms with Crippen LogP contribution in [0.25, 0.3) is 0 Å². The lowest BCUT2D eigenvalue weighted by molar-refractivity contribution is 0.0696. The first-order chi connectivity index (χ1) is 9.08. The third kappa shape index (κ3) is 3.45. The zero-order chi connectivity index (χ0) is 13.8. The van der Waals surface area contributed by atoms with Gasteiger partial charge < -0.3 is 5.11 Å². The SMILES string of the molecule is Cc1ccc(C(=O)O)cc1SCC(=O)c1cccs1. The minimum absolute atomic E-state index is 0.0696. The largest absolute Gasteiger partial charge is 0.478 e. The minimum atomic E-state index is -0.952. The molecule has 0 spiro atoms. The van der Waals surface area contributed by atoms with Crippen LogP contribution in [0.15, 0.2) is 40.6 Å². The summed E-state index contributed by atoms with van der Waals surface area (Å²) in [6.45, 7) is 1.91. The lowest BCUT2D eigenvalue weighted by Crippen LogP contribution is -2.01. The number of carbonyl (C=O) groups excluding carboxylic acids is 1. The van der Waals surface area contributed by atoms with Crippen molar-refractivity contribution in [2.45, 2.75) is 11.8 Å². The second-order valence-corrected chi connectivity index (χ2v) is 5.94. The van der Waals surface area contributed by atoms with Crippen molar-refractivity contribution >= 4 is 34.9 Å². The number of thioether (sulfide) groups is 1. The highest BCUT2D eigenvalue weighted by molar-refractivity contribution is 8.00. The fourth-order valence-corrected chi connectivity index (χ4v) is 3.24. The van der Waals surface area contributed by atoms with Crippen LogP contribution in [-0.2, 0) is 0 Å². The molecule has 0 radical (unpaired) electrons. The van der Waals surface area contributed by atoms with Gasteiger partial charge in [-0.1, -0.05) is 12.1 Å². The van der Waals surface area contributed by atoms with Crippen LogP contribution in [0.2, 0.25) is 0 Å². The number of aromatic carboxylic acids is 1. The zero-order valence-electron chi connectivity index (χ0n) is 10.3. The monoisotopic (exact) mass is 292 g/mol. The van der Waals surface area contributed by atoms with Crippen molar-refractivity contribution in [1.29, 1.82) is 0 Å². The Labute approximate surface area is 119 Å². The average molecular weight is 292 g/mol. The number of hydrogen-bond donors (Lipinski definition) is 1. The van der Waals surface area contributed by atoms with Crippen LogP contribution >= 0.6 is 23.1 Å². The van der Waals surface area contributed by atoms with E-state index in [-0.39, 0.29) is 11.3 Å². The molecule has 0 unspecified atom stereocenters. The van der Waals surface area contributed by atoms with Crippen molar-refractivity contribution in [1.82, 2.24) is 0 Å². The Kier molecular flexibility index (Phi) is 4.39. The van der Waals surface area contributed by atoms with Crippen LogP contribution in [0, 0.1) is 6.92 Å². The lowest BCUT2D eigenvalue weighted by Gasteiger charge is -2.06. The summed E-state index contributed by atoms with van der Waals surface area (Å²) in [5.74, 6) is -0.559. The third-order valence-electron chi connectivity index (χ3n) is 2.59. The Morgan fingerprint density at radius 1 is 1.32 bits per heavy atom. The van der Waals surface area contributed by atoms with Crippen LogP contribution in [0.4, 0.5) is 0 Å². The second-order valence-electron chi connectivity index (χ2n) is 3.97. The van der Waals surface area contributed by atoms with Crippen molar-refractivity contribution in [3.63, 3.8) is 0 Å². The molecule has 0 bridgehead atoms. The smallest absolute Gasteiger partial charge is 0.335 e. The Hall–Kier alpha value is -1.59. The number of ketones is 1. The summed E-state index contributed by atoms with van der Waals surface area (Å²) in [5, 5.41) is 10.8. The number of rotatable bonds is 5. The molecular weight excluding hydrogens is 280 g/mol. The highest BCUT2D eigenvalue weighted by Crippen LogP contribution is 2.25. The number of Topliss-reactive ketones (excluding diaryl/α,β-unsaturated/α-hetero) is 1. The Morgan fingerprint density at radius 3 is 2.74 bits per heavy atom. The summed E-state index contributed by atoms with van der Waals surface area (Å²) in [4.78, 5) is 24.4. The Bertz CT molecular complexity index is 603. The molecule has 3 nitrogen and oxygen atoms in total. The minimum Gasteiger partial charge on any atom is -0.478 e. The molecule has 5 heteroatoms. The second kappa shape index (κ2) is 6.04. The first kappa shape index (κ1) is 13.8. The van der Waals surface area contributed by atoms with Gasteiger partial charge in [-0.3, -0.25) is 4.79 Å². The van der Waals surface area contributed by atoms with Gasteiger partial charge in [0.25, 0.3) is 0 Å². The number of benzene rings is 1. The van der Waals surface area contributed by atoms with E-state index in [4.69, 9.17) is 5.11 Å². The maximum atomic E-state index is 11.9. The summed E-state index contributed by atoms with van der Waals surface area (Å²) in [6, 6.07) is 8.60. The topological polar surface area (TPSA) is 54.4 Å². The molecule has 0 aliphatic rings. The van der Waals surface area contributed by atoms with Crippen LogP contribution in [-0.4, -0.2) is 22.6 Å². The number of carboxylic acid groups (broad SMARTS) is 1. The van der Waals surface area contributed by atoms with E-state index >= 15 is 0 Å². The zero-order valence-corrected chi connectivity index (χ0v) is 11.9. The summed E-state index contributed by atoms with van der Waals surface area (Å²) in [5.41, 5.74) is 1.23. The summed E-state index contributed by atoms with van der Waals surface area (Å²) in [7, 11) is 0. The van der Waals surface area contributed by atoms with Gasteiger partial charge in [-0.25, -0.2) is 4.79 Å². The predicted molar refractivity (Wildman–Crippen MR) is 77.5 cm³/mol. The molecule has 1 aromatic carbocycles. The van der Waals surface area contributed by atoms with Crippen molar-refractivity contribution in [3.8, 4) is 0 Å². The predicted octanol–water partition coefficient (Wildman–Crippen LogP) is 3.73. The van der Waals surface area contributed by atoms with Gasteiger partial charge in [-0.05, 0) is 36.1 Å². The molecule has 1 aromatic heterocycles. The van der Waals surface area contributed by atoms with Gasteiger partial charge in [0.1, 0.15) is 0 Å². The number of thiophene rings is 1. The number of hydrogen-bond acceptors (Lipinski definition) is 4. The van der Waals surface area contributed by atoms with Crippen molar-refractivity contribution < 1.29 is 14.7 Å². The van der Waals surface area contributed by atoms with Gasteiger partial charge in [-0.15, -0.1) is 23.1 Å². The van der Waals surface area contributed by atoms with E-state index in [1.54, 1.807) is 24.3 Å². The summed E-state index contributed by atoms with van der Waals surface area (Å²) >= 11 is 2.80. The van der Waals surface area contributed by atoms with Gasteiger partial charge in [0, 0.05) is 4.90 Å². The standard InChI is InChI=1S/C14H12O3S2/c1-9-4-5-10(14(16)17)7-13(9)19-8-11(15)12-3-2-6-18-12/h2-7H,8H2,1H3,(H,16,17). The highest BCUT2D eigenvalue weighted by Gasteiger charge is 2.10. The molecule has 1 heterocycles. The summed E-state index contributed by atoms with van der Waals surface area (Å²) in [6.07, 6.45) is 0. The first-order valence-corrected chi connectivity index (χ1v) is 7.48. The van der Waals surface area contributed by atoms with Gasteiger partial charge in [0.15, 0.2) is 5.78 Å². The van der Waals surface area contributed by atoms with E-state index in [1.165, 1.54) is 23.1 Å². The molecule has 0 saturated carbocycles. The van der Waals surface area contributed by atoms with E-state index in [0.29, 0.717) is 5.75 Å². The average Bonchev–Trinajstić information content (AvgIpc) is 2.91. The number of aryl methyl sites for hydroxylation is 1. The van der Waals surface area contributed by atoms with E-state index < -0.39 is 5.97 Å². The van der Waals surface area contributed by atoms with Gasteiger partial charge in [0.05, 0.1) is 16.2 Å². The Morgan fingerprint density at radius 2 is 2.11 bits per heavy atom. The maximum Gasteiger partial charge on any atom is 0.335 e. The molecule has 0 saturated heterocycles. The molecule has 0 aliphatic carbocycles. The van der Waals surface area contributed by atoms with E-state index in [0.717, 1.165) is 15.3 Å². The molecule has 0 aliphatic heterocycles. The Balaban J connectivity index is 2.09. The maximum absolute atomic E-state index is 11.9. The molecular formula is C14H12O3S2. The van der Waals surface area contributed by atoms with E-state index in [9.17, 15) is 9.59 Å². The molecule has 1 N–H and O–H groups in total. The van der Waals surface area contributed by atoms with Crippen LogP contribution in [0.3, 0.4) is 0 Å². The molecule has 2 aromatic rings. The molecule has 0 fully saturated rings. The van der Waals surface area contributed by atoms with Crippen molar-refractivity contribution in [2.75, 3.05) is 5.75 Å². The van der Waals surface area contributed by atoms with Crippen LogP contribution in [0.1, 0.15) is 25.6 Å². The highest BCUT2D eigenvalue weighted by atomic mass is 32.2. The van der Waals surface area contributed by atoms with Gasteiger partial charge >= 0.3 is 5.97 Å². The van der Waals surface area contributed by atoms with Crippen molar-refractivity contribution in [2.24, 2.45) is 0 Å². The summed E-state index contributed by atoms with van der Waals surface area (Å²) < 4.78 is 0. The fourth-order valence-electron chi connectivity index (χ4n) is 1.54. The molecule has 98 valence electrons. The number of carboxylic acids is 1. The number of carbonyl (C=O) groups is 2. The molecule has 2 rings (SSSR count). The molecule has 0 amide bonds. The van der Waals surface area contributed by atoms with Crippen LogP contribution in [0.5, 0.6) is 0 Å². The quantitative estimate of drug-likeness (QED) is 0.674. The van der Waals surface area contributed by atoms with E-state index in [2.05, 4.69) is 0 Å². The normalized spacial score (nSPS) is 10.4. The van der Waals surface area contributed by atoms with Crippen molar-refractivity contribution in [3.05, 3.63) is 51.7 Å². The molecule has 0 atom stereocenters. The third-order valence-corrected chi connectivity index (χ3v) is 4.66. The van der Waals surface area contributed by atoms with E-state index in [1.807, 2.05) is 18.4 Å². The first-order valence-electron chi connectivity index (χ1n) is 5.61. The van der Waals surface area contributed by atoms with Gasteiger partial charge in [-0.2, -0.15) is 0 Å². The molecule has 19 heavy (non-hydrogen) atoms. The van der Waals surface area contributed by atoms with Crippen LogP contribution < -0.4 is 0 Å². The lowest BCUT2D eigenvalue weighted by atomic mass is 10.1. The fraction of sp³-hybridized carbons (Fsp3) is 0.143.